The fourth-order valence-corrected chi connectivity index (χ4v) is 1.13. The number of quaternary nitrogens is 1. The fraction of sp³-hybridized carbons (Fsp3) is 0.333. The lowest BCUT2D eigenvalue weighted by Crippen LogP contribution is -2.51. The Labute approximate surface area is 79.5 Å². The van der Waals surface area contributed by atoms with Crippen molar-refractivity contribution < 1.29 is 23.6 Å². The lowest BCUT2D eigenvalue weighted by molar-refractivity contribution is -0.366. The molecule has 14 heavy (non-hydrogen) atoms. The van der Waals surface area contributed by atoms with Crippen molar-refractivity contribution in [2.75, 3.05) is 6.54 Å². The second-order valence-electron chi connectivity index (χ2n) is 2.76. The van der Waals surface area contributed by atoms with Gasteiger partial charge in [0.05, 0.1) is 6.54 Å². The van der Waals surface area contributed by atoms with E-state index in [2.05, 4.69) is 10.5 Å². The molecule has 0 saturated heterocycles. The molecule has 0 radical (unpaired) electrons. The summed E-state index contributed by atoms with van der Waals surface area (Å²) in [6.07, 6.45) is -4.15. The Morgan fingerprint density at radius 3 is 2.43 bits per heavy atom. The van der Waals surface area contributed by atoms with Gasteiger partial charge in [-0.1, -0.05) is 18.2 Å². The summed E-state index contributed by atoms with van der Waals surface area (Å²) in [6.45, 7) is 0.540. The highest BCUT2D eigenvalue weighted by molar-refractivity contribution is 5.33. The van der Waals surface area contributed by atoms with E-state index in [-0.39, 0.29) is 5.75 Å². The van der Waals surface area contributed by atoms with Crippen molar-refractivity contribution in [3.8, 4) is 5.75 Å². The highest BCUT2D eigenvalue weighted by Crippen LogP contribution is 2.26. The van der Waals surface area contributed by atoms with Gasteiger partial charge in [-0.2, -0.15) is 0 Å². The van der Waals surface area contributed by atoms with Crippen LogP contribution in [0.1, 0.15) is 5.56 Å². The van der Waals surface area contributed by atoms with E-state index in [4.69, 9.17) is 0 Å². The summed E-state index contributed by atoms with van der Waals surface area (Å²) in [7, 11) is 0. The van der Waals surface area contributed by atoms with Crippen LogP contribution in [0.4, 0.5) is 13.2 Å². The van der Waals surface area contributed by atoms with Crippen LogP contribution in [-0.2, 0) is 6.42 Å². The number of alkyl halides is 3. The molecule has 2 nitrogen and oxygen atoms in total. The zero-order valence-electron chi connectivity index (χ0n) is 7.47. The quantitative estimate of drug-likeness (QED) is 0.796. The number of halogens is 3. The maximum atomic E-state index is 11.9. The number of para-hydroxylation sites is 1. The van der Waals surface area contributed by atoms with E-state index in [1.807, 2.05) is 0 Å². The summed E-state index contributed by atoms with van der Waals surface area (Å²) in [4.78, 5) is 0. The minimum atomic E-state index is -4.63. The van der Waals surface area contributed by atoms with Crippen LogP contribution in [0, 0.1) is 0 Å². The van der Waals surface area contributed by atoms with Crippen molar-refractivity contribution in [2.45, 2.75) is 12.8 Å². The van der Waals surface area contributed by atoms with Gasteiger partial charge in [0.1, 0.15) is 5.75 Å². The van der Waals surface area contributed by atoms with E-state index < -0.39 is 6.36 Å². The summed E-state index contributed by atoms with van der Waals surface area (Å²) in [5.41, 5.74) is 4.11. The molecule has 0 heterocycles. The number of ether oxygens (including phenoxy) is 1. The predicted octanol–water partition coefficient (Wildman–Crippen LogP) is 1.37. The lowest BCUT2D eigenvalue weighted by Gasteiger charge is -2.11. The molecule has 0 bridgehead atoms. The van der Waals surface area contributed by atoms with E-state index >= 15 is 0 Å². The molecule has 78 valence electrons. The van der Waals surface area contributed by atoms with E-state index in [9.17, 15) is 13.2 Å². The normalized spacial score (nSPS) is 11.4. The fourth-order valence-electron chi connectivity index (χ4n) is 1.13. The minimum absolute atomic E-state index is 0.136. The molecule has 0 aromatic heterocycles. The first kappa shape index (κ1) is 10.8. The molecule has 1 aromatic rings. The van der Waals surface area contributed by atoms with Crippen molar-refractivity contribution in [3.63, 3.8) is 0 Å². The van der Waals surface area contributed by atoms with Gasteiger partial charge in [-0.15, -0.1) is 13.2 Å². The highest BCUT2D eigenvalue weighted by Gasteiger charge is 2.31. The third kappa shape index (κ3) is 3.26. The Morgan fingerprint density at radius 1 is 1.21 bits per heavy atom. The Kier molecular flexibility index (Phi) is 3.35. The summed E-state index contributed by atoms with van der Waals surface area (Å²) in [5.74, 6) is -0.136. The van der Waals surface area contributed by atoms with Crippen molar-refractivity contribution in [1.29, 1.82) is 0 Å². The SMILES string of the molecule is [NH3+]CCc1ccccc1OC(F)(F)F. The Balaban J connectivity index is 2.84. The largest absolute Gasteiger partial charge is 0.573 e. The molecule has 0 saturated carbocycles. The van der Waals surface area contributed by atoms with Crippen LogP contribution in [0.5, 0.6) is 5.75 Å². The van der Waals surface area contributed by atoms with Crippen LogP contribution < -0.4 is 10.5 Å². The molecule has 1 rings (SSSR count). The molecule has 1 aromatic carbocycles. The smallest absolute Gasteiger partial charge is 0.405 e. The van der Waals surface area contributed by atoms with E-state index in [0.717, 1.165) is 0 Å². The van der Waals surface area contributed by atoms with Gasteiger partial charge < -0.3 is 10.5 Å². The molecule has 0 aliphatic heterocycles. The van der Waals surface area contributed by atoms with Gasteiger partial charge in [0.25, 0.3) is 0 Å². The van der Waals surface area contributed by atoms with Crippen LogP contribution in [-0.4, -0.2) is 12.9 Å². The summed E-state index contributed by atoms with van der Waals surface area (Å²) in [5, 5.41) is 0. The molecule has 5 heteroatoms. The van der Waals surface area contributed by atoms with Crippen LogP contribution in [0.2, 0.25) is 0 Å². The number of benzene rings is 1. The Bertz CT molecular complexity index is 298. The van der Waals surface area contributed by atoms with E-state index in [0.29, 0.717) is 18.5 Å². The van der Waals surface area contributed by atoms with Gasteiger partial charge in [-0.05, 0) is 6.07 Å². The average molecular weight is 206 g/mol. The Morgan fingerprint density at radius 2 is 1.86 bits per heavy atom. The number of hydrogen-bond donors (Lipinski definition) is 1. The van der Waals surface area contributed by atoms with Gasteiger partial charge >= 0.3 is 6.36 Å². The highest BCUT2D eigenvalue weighted by atomic mass is 19.4. The molecule has 0 aliphatic rings. The van der Waals surface area contributed by atoms with Gasteiger partial charge in [0.2, 0.25) is 0 Å². The number of hydrogen-bond acceptors (Lipinski definition) is 1. The van der Waals surface area contributed by atoms with Crippen molar-refractivity contribution >= 4 is 0 Å². The first-order valence-electron chi connectivity index (χ1n) is 4.16. The predicted molar refractivity (Wildman–Crippen MR) is 44.6 cm³/mol. The summed E-state index contributed by atoms with van der Waals surface area (Å²) >= 11 is 0. The van der Waals surface area contributed by atoms with Crippen molar-refractivity contribution in [2.24, 2.45) is 0 Å². The second kappa shape index (κ2) is 4.32. The van der Waals surface area contributed by atoms with Crippen LogP contribution >= 0.6 is 0 Å². The minimum Gasteiger partial charge on any atom is -0.405 e. The first-order chi connectivity index (χ1) is 6.53. The molecule has 0 spiro atoms. The molecule has 3 N–H and O–H groups in total. The van der Waals surface area contributed by atoms with Gasteiger partial charge in [0, 0.05) is 12.0 Å². The first-order valence-corrected chi connectivity index (χ1v) is 4.16. The van der Waals surface area contributed by atoms with Crippen LogP contribution in [0.3, 0.4) is 0 Å². The standard InChI is InChI=1S/C9H10F3NO/c10-9(11,12)14-8-4-2-1-3-7(8)5-6-13/h1-4H,5-6,13H2/p+1. The molecular formula is C9H11F3NO+. The maximum Gasteiger partial charge on any atom is 0.573 e. The van der Waals surface area contributed by atoms with E-state index in [1.54, 1.807) is 12.1 Å². The second-order valence-corrected chi connectivity index (χ2v) is 2.76. The maximum absolute atomic E-state index is 11.9. The monoisotopic (exact) mass is 206 g/mol. The molecular weight excluding hydrogens is 195 g/mol. The zero-order valence-corrected chi connectivity index (χ0v) is 7.47. The Hall–Kier alpha value is -1.23. The van der Waals surface area contributed by atoms with Gasteiger partial charge in [-0.3, -0.25) is 0 Å². The van der Waals surface area contributed by atoms with Gasteiger partial charge in [0.15, 0.2) is 0 Å². The van der Waals surface area contributed by atoms with Crippen LogP contribution in [0.25, 0.3) is 0 Å². The van der Waals surface area contributed by atoms with Gasteiger partial charge in [-0.25, -0.2) is 0 Å². The molecule has 0 amide bonds. The van der Waals surface area contributed by atoms with E-state index in [1.165, 1.54) is 12.1 Å². The molecule has 0 fully saturated rings. The summed E-state index contributed by atoms with van der Waals surface area (Å²) in [6, 6.07) is 6.09. The summed E-state index contributed by atoms with van der Waals surface area (Å²) < 4.78 is 39.6. The third-order valence-electron chi connectivity index (χ3n) is 1.64. The number of rotatable bonds is 3. The lowest BCUT2D eigenvalue weighted by atomic mass is 10.1. The average Bonchev–Trinajstić information content (AvgIpc) is 2.06. The zero-order chi connectivity index (χ0) is 10.6. The molecule has 0 unspecified atom stereocenters. The molecule has 0 atom stereocenters. The third-order valence-corrected chi connectivity index (χ3v) is 1.64. The topological polar surface area (TPSA) is 36.9 Å². The van der Waals surface area contributed by atoms with Crippen molar-refractivity contribution in [3.05, 3.63) is 29.8 Å². The molecule has 0 aliphatic carbocycles. The van der Waals surface area contributed by atoms with Crippen molar-refractivity contribution in [1.82, 2.24) is 0 Å². The van der Waals surface area contributed by atoms with Crippen LogP contribution in [0.15, 0.2) is 24.3 Å².